The van der Waals surface area contributed by atoms with Crippen LogP contribution >= 0.6 is 22.9 Å². The van der Waals surface area contributed by atoms with Gasteiger partial charge in [-0.3, -0.25) is 9.78 Å². The topological polar surface area (TPSA) is 55.3 Å². The Morgan fingerprint density at radius 2 is 2.15 bits per heavy atom. The minimum atomic E-state index is -0.0232. The molecule has 0 radical (unpaired) electrons. The fraction of sp³-hybridized carbons (Fsp3) is 0.211. The molecule has 2 heterocycles. The summed E-state index contributed by atoms with van der Waals surface area (Å²) in [5.41, 5.74) is 2.42. The summed E-state index contributed by atoms with van der Waals surface area (Å²) in [5.74, 6) is 0.685. The van der Waals surface area contributed by atoms with E-state index in [1.807, 2.05) is 29.6 Å². The fourth-order valence-corrected chi connectivity index (χ4v) is 3.49. The zero-order valence-corrected chi connectivity index (χ0v) is 16.0. The van der Waals surface area contributed by atoms with Gasteiger partial charge in [-0.15, -0.1) is 11.3 Å². The van der Waals surface area contributed by atoms with Crippen LogP contribution in [0.4, 0.5) is 0 Å². The normalized spacial score (nSPS) is 10.6. The molecular formula is C19H18ClN3O2S. The summed E-state index contributed by atoms with van der Waals surface area (Å²) in [6.07, 6.45) is 1.97. The summed E-state index contributed by atoms with van der Waals surface area (Å²) in [4.78, 5) is 23.0. The van der Waals surface area contributed by atoms with Crippen molar-refractivity contribution in [3.05, 3.63) is 64.3 Å². The van der Waals surface area contributed by atoms with Crippen LogP contribution in [-0.2, 0) is 17.8 Å². The highest BCUT2D eigenvalue weighted by atomic mass is 35.5. The molecule has 0 unspecified atom stereocenters. The molecule has 0 bridgehead atoms. The summed E-state index contributed by atoms with van der Waals surface area (Å²) in [5, 5.41) is 3.32. The highest BCUT2D eigenvalue weighted by Gasteiger charge is 2.15. The summed E-state index contributed by atoms with van der Waals surface area (Å²) in [6, 6.07) is 11.1. The van der Waals surface area contributed by atoms with E-state index in [1.165, 1.54) is 11.3 Å². The molecule has 3 rings (SSSR count). The van der Waals surface area contributed by atoms with E-state index in [1.54, 1.807) is 37.4 Å². The molecular weight excluding hydrogens is 370 g/mol. The average Bonchev–Trinajstić information content (AvgIpc) is 3.11. The SMILES string of the molecule is COc1ccc(Cl)cc1CN(C)C(=O)Cc1csc(-c2ccccn2)n1. The van der Waals surface area contributed by atoms with E-state index in [-0.39, 0.29) is 12.3 Å². The van der Waals surface area contributed by atoms with Crippen LogP contribution in [0.1, 0.15) is 11.3 Å². The van der Waals surface area contributed by atoms with E-state index >= 15 is 0 Å². The first-order chi connectivity index (χ1) is 12.6. The first kappa shape index (κ1) is 18.4. The maximum Gasteiger partial charge on any atom is 0.228 e. The van der Waals surface area contributed by atoms with Gasteiger partial charge in [0, 0.05) is 35.8 Å². The molecule has 0 saturated heterocycles. The molecule has 7 heteroatoms. The van der Waals surface area contributed by atoms with Gasteiger partial charge in [0.15, 0.2) is 0 Å². The second-order valence-electron chi connectivity index (χ2n) is 5.74. The van der Waals surface area contributed by atoms with Crippen LogP contribution in [0.5, 0.6) is 5.75 Å². The highest BCUT2D eigenvalue weighted by molar-refractivity contribution is 7.13. The van der Waals surface area contributed by atoms with Gasteiger partial charge < -0.3 is 9.64 Å². The predicted octanol–water partition coefficient (Wildman–Crippen LogP) is 4.07. The number of benzene rings is 1. The summed E-state index contributed by atoms with van der Waals surface area (Å²) in [7, 11) is 3.36. The number of rotatable bonds is 6. The van der Waals surface area contributed by atoms with Gasteiger partial charge in [-0.1, -0.05) is 17.7 Å². The molecule has 0 spiro atoms. The molecule has 2 aromatic heterocycles. The first-order valence-electron chi connectivity index (χ1n) is 7.99. The van der Waals surface area contributed by atoms with Crippen LogP contribution in [0.25, 0.3) is 10.7 Å². The number of ether oxygens (including phenoxy) is 1. The number of amides is 1. The van der Waals surface area contributed by atoms with Crippen LogP contribution in [0, 0.1) is 0 Å². The largest absolute Gasteiger partial charge is 0.496 e. The Labute approximate surface area is 161 Å². The number of nitrogens with zero attached hydrogens (tertiary/aromatic N) is 3. The van der Waals surface area contributed by atoms with E-state index in [4.69, 9.17) is 16.3 Å². The van der Waals surface area contributed by atoms with Crippen LogP contribution in [0.3, 0.4) is 0 Å². The third-order valence-electron chi connectivity index (χ3n) is 3.84. The second-order valence-corrected chi connectivity index (χ2v) is 7.04. The van der Waals surface area contributed by atoms with Crippen molar-refractivity contribution in [2.75, 3.05) is 14.2 Å². The van der Waals surface area contributed by atoms with Crippen molar-refractivity contribution in [1.82, 2.24) is 14.9 Å². The lowest BCUT2D eigenvalue weighted by Crippen LogP contribution is -2.28. The van der Waals surface area contributed by atoms with E-state index in [2.05, 4.69) is 9.97 Å². The van der Waals surface area contributed by atoms with E-state index in [9.17, 15) is 4.79 Å². The highest BCUT2D eigenvalue weighted by Crippen LogP contribution is 2.25. The first-order valence-corrected chi connectivity index (χ1v) is 9.25. The molecule has 26 heavy (non-hydrogen) atoms. The Balaban J connectivity index is 1.67. The van der Waals surface area contributed by atoms with Crippen molar-refractivity contribution in [3.8, 4) is 16.5 Å². The minimum absolute atomic E-state index is 0.0232. The van der Waals surface area contributed by atoms with Crippen LogP contribution in [-0.4, -0.2) is 34.9 Å². The van der Waals surface area contributed by atoms with Crippen molar-refractivity contribution in [3.63, 3.8) is 0 Å². The number of carbonyl (C=O) groups excluding carboxylic acids is 1. The molecule has 0 aliphatic carbocycles. The molecule has 0 aliphatic rings. The van der Waals surface area contributed by atoms with Crippen LogP contribution < -0.4 is 4.74 Å². The molecule has 0 aliphatic heterocycles. The molecule has 0 saturated carbocycles. The van der Waals surface area contributed by atoms with Gasteiger partial charge in [0.05, 0.1) is 24.9 Å². The summed E-state index contributed by atoms with van der Waals surface area (Å²) >= 11 is 7.54. The monoisotopic (exact) mass is 387 g/mol. The third kappa shape index (κ3) is 4.39. The van der Waals surface area contributed by atoms with Gasteiger partial charge >= 0.3 is 0 Å². The Kier molecular flexibility index (Phi) is 5.85. The van der Waals surface area contributed by atoms with E-state index < -0.39 is 0 Å². The van der Waals surface area contributed by atoms with Crippen LogP contribution in [0.15, 0.2) is 48.0 Å². The lowest BCUT2D eigenvalue weighted by atomic mass is 10.2. The number of carbonyl (C=O) groups is 1. The quantitative estimate of drug-likeness (QED) is 0.639. The summed E-state index contributed by atoms with van der Waals surface area (Å²) in [6.45, 7) is 0.416. The smallest absolute Gasteiger partial charge is 0.228 e. The zero-order valence-electron chi connectivity index (χ0n) is 14.5. The van der Waals surface area contributed by atoms with Gasteiger partial charge in [-0.2, -0.15) is 0 Å². The number of aromatic nitrogens is 2. The Morgan fingerprint density at radius 3 is 2.88 bits per heavy atom. The Bertz CT molecular complexity index is 899. The second kappa shape index (κ2) is 8.29. The third-order valence-corrected chi connectivity index (χ3v) is 4.99. The van der Waals surface area contributed by atoms with E-state index in [0.717, 1.165) is 22.0 Å². The fourth-order valence-electron chi connectivity index (χ4n) is 2.50. The molecule has 0 atom stereocenters. The number of pyridine rings is 1. The molecule has 0 fully saturated rings. The number of methoxy groups -OCH3 is 1. The Morgan fingerprint density at radius 1 is 1.31 bits per heavy atom. The summed E-state index contributed by atoms with van der Waals surface area (Å²) < 4.78 is 5.34. The number of thiazole rings is 1. The van der Waals surface area contributed by atoms with Crippen molar-refractivity contribution < 1.29 is 9.53 Å². The zero-order chi connectivity index (χ0) is 18.5. The lowest BCUT2D eigenvalue weighted by Gasteiger charge is -2.18. The van der Waals surface area contributed by atoms with Crippen molar-refractivity contribution in [2.24, 2.45) is 0 Å². The van der Waals surface area contributed by atoms with Crippen molar-refractivity contribution >= 4 is 28.8 Å². The molecule has 3 aromatic rings. The average molecular weight is 388 g/mol. The lowest BCUT2D eigenvalue weighted by molar-refractivity contribution is -0.129. The number of hydrogen-bond acceptors (Lipinski definition) is 5. The molecule has 1 amide bonds. The standard InChI is InChI=1S/C19H18ClN3O2S/c1-23(11-13-9-14(20)6-7-17(13)25-2)18(24)10-15-12-26-19(22-15)16-5-3-4-8-21-16/h3-9,12H,10-11H2,1-2H3. The number of likely N-dealkylation sites (N-methyl/N-ethyl adjacent to an activating group) is 1. The number of hydrogen-bond donors (Lipinski definition) is 0. The predicted molar refractivity (Wildman–Crippen MR) is 104 cm³/mol. The van der Waals surface area contributed by atoms with Crippen molar-refractivity contribution in [1.29, 1.82) is 0 Å². The number of halogens is 1. The molecule has 5 nitrogen and oxygen atoms in total. The maximum absolute atomic E-state index is 12.5. The van der Waals surface area contributed by atoms with Gasteiger partial charge in [-0.05, 0) is 30.3 Å². The molecule has 0 N–H and O–H groups in total. The van der Waals surface area contributed by atoms with Crippen molar-refractivity contribution in [2.45, 2.75) is 13.0 Å². The maximum atomic E-state index is 12.5. The van der Waals surface area contributed by atoms with E-state index in [0.29, 0.717) is 17.3 Å². The Hall–Kier alpha value is -2.44. The van der Waals surface area contributed by atoms with Gasteiger partial charge in [0.2, 0.25) is 5.91 Å². The molecule has 1 aromatic carbocycles. The van der Waals surface area contributed by atoms with Gasteiger partial charge in [0.1, 0.15) is 10.8 Å². The van der Waals surface area contributed by atoms with Gasteiger partial charge in [0.25, 0.3) is 0 Å². The molecule has 134 valence electrons. The van der Waals surface area contributed by atoms with Crippen LogP contribution in [0.2, 0.25) is 5.02 Å². The minimum Gasteiger partial charge on any atom is -0.496 e. The van der Waals surface area contributed by atoms with Gasteiger partial charge in [-0.25, -0.2) is 4.98 Å².